The van der Waals surface area contributed by atoms with Gasteiger partial charge in [-0.05, 0) is 19.1 Å². The number of nitrogens with zero attached hydrogens (tertiary/aromatic N) is 1. The molecule has 0 spiro atoms. The van der Waals surface area contributed by atoms with Crippen molar-refractivity contribution in [3.05, 3.63) is 0 Å². The third-order valence-corrected chi connectivity index (χ3v) is 3.87. The van der Waals surface area contributed by atoms with Crippen LogP contribution >= 0.6 is 11.8 Å². The van der Waals surface area contributed by atoms with Crippen LogP contribution in [0.25, 0.3) is 0 Å². The van der Waals surface area contributed by atoms with Crippen molar-refractivity contribution in [2.24, 2.45) is 5.41 Å². The normalized spacial score (nSPS) is 19.5. The monoisotopic (exact) mass is 258 g/mol. The Balaban J connectivity index is 2.98. The highest BCUT2D eigenvalue weighted by Crippen LogP contribution is 2.32. The number of amides is 4. The van der Waals surface area contributed by atoms with E-state index < -0.39 is 17.4 Å². The zero-order valence-electron chi connectivity index (χ0n) is 10.4. The minimum absolute atomic E-state index is 0.348. The van der Waals surface area contributed by atoms with Gasteiger partial charge in [-0.15, -0.1) is 0 Å². The van der Waals surface area contributed by atoms with E-state index in [1.54, 1.807) is 25.6 Å². The van der Waals surface area contributed by atoms with Crippen molar-refractivity contribution in [2.45, 2.75) is 26.7 Å². The van der Waals surface area contributed by atoms with Gasteiger partial charge in [0.15, 0.2) is 0 Å². The molecule has 1 rings (SSSR count). The Morgan fingerprint density at radius 2 is 1.82 bits per heavy atom. The first-order valence-electron chi connectivity index (χ1n) is 5.69. The second-order valence-corrected chi connectivity index (χ2v) is 4.98. The predicted octanol–water partition coefficient (Wildman–Crippen LogP) is 1.23. The quantitative estimate of drug-likeness (QED) is 0.753. The van der Waals surface area contributed by atoms with Crippen LogP contribution in [0, 0.1) is 5.41 Å². The van der Waals surface area contributed by atoms with E-state index in [0.717, 1.165) is 4.90 Å². The summed E-state index contributed by atoms with van der Waals surface area (Å²) < 4.78 is 0. The Morgan fingerprint density at radius 1 is 1.24 bits per heavy atom. The third kappa shape index (κ3) is 2.31. The van der Waals surface area contributed by atoms with Gasteiger partial charge in [-0.1, -0.05) is 13.8 Å². The SMILES string of the molecule is CCC1(CC)C(=O)NC(=O)N(CCSC)C1=O. The second kappa shape index (κ2) is 5.53. The standard InChI is InChI=1S/C11H18N2O3S/c1-4-11(5-2)8(14)12-10(16)13(9(11)15)6-7-17-3/h4-7H2,1-3H3,(H,12,14,16). The first-order valence-corrected chi connectivity index (χ1v) is 7.09. The molecule has 0 radical (unpaired) electrons. The van der Waals surface area contributed by atoms with E-state index >= 15 is 0 Å². The third-order valence-electron chi connectivity index (χ3n) is 3.28. The predicted molar refractivity (Wildman–Crippen MR) is 66.6 cm³/mol. The summed E-state index contributed by atoms with van der Waals surface area (Å²) >= 11 is 1.56. The van der Waals surface area contributed by atoms with Crippen molar-refractivity contribution < 1.29 is 14.4 Å². The van der Waals surface area contributed by atoms with E-state index in [1.165, 1.54) is 0 Å². The lowest BCUT2D eigenvalue weighted by molar-refractivity contribution is -0.151. The van der Waals surface area contributed by atoms with E-state index in [-0.39, 0.29) is 5.91 Å². The smallest absolute Gasteiger partial charge is 0.277 e. The molecule has 1 heterocycles. The number of hydrogen-bond donors (Lipinski definition) is 1. The summed E-state index contributed by atoms with van der Waals surface area (Å²) in [5.41, 5.74) is -1.06. The fourth-order valence-corrected chi connectivity index (χ4v) is 2.36. The molecule has 6 heteroatoms. The molecule has 0 aromatic rings. The zero-order chi connectivity index (χ0) is 13.1. The van der Waals surface area contributed by atoms with Crippen LogP contribution in [-0.4, -0.2) is 41.3 Å². The summed E-state index contributed by atoms with van der Waals surface area (Å²) in [6.07, 6.45) is 2.73. The lowest BCUT2D eigenvalue weighted by Crippen LogP contribution is -2.63. The van der Waals surface area contributed by atoms with E-state index in [2.05, 4.69) is 5.32 Å². The maximum atomic E-state index is 12.3. The van der Waals surface area contributed by atoms with Gasteiger partial charge in [0.2, 0.25) is 11.8 Å². The minimum atomic E-state index is -1.06. The Morgan fingerprint density at radius 3 is 2.29 bits per heavy atom. The molecule has 0 atom stereocenters. The Kier molecular flexibility index (Phi) is 4.56. The van der Waals surface area contributed by atoms with Gasteiger partial charge in [-0.25, -0.2) is 4.79 Å². The van der Waals surface area contributed by atoms with Crippen molar-refractivity contribution in [1.29, 1.82) is 0 Å². The van der Waals surface area contributed by atoms with Crippen LogP contribution in [0.2, 0.25) is 0 Å². The Bertz CT molecular complexity index is 340. The molecule has 1 N–H and O–H groups in total. The van der Waals surface area contributed by atoms with Gasteiger partial charge in [-0.3, -0.25) is 19.8 Å². The molecule has 1 saturated heterocycles. The van der Waals surface area contributed by atoms with Crippen LogP contribution < -0.4 is 5.32 Å². The molecule has 17 heavy (non-hydrogen) atoms. The molecule has 4 amide bonds. The van der Waals surface area contributed by atoms with Gasteiger partial charge in [0.1, 0.15) is 5.41 Å². The highest BCUT2D eigenvalue weighted by Gasteiger charge is 2.51. The Labute approximate surface area is 105 Å². The minimum Gasteiger partial charge on any atom is -0.277 e. The number of carbonyl (C=O) groups is 3. The summed E-state index contributed by atoms with van der Waals surface area (Å²) in [6.45, 7) is 3.94. The fourth-order valence-electron chi connectivity index (χ4n) is 1.99. The van der Waals surface area contributed by atoms with Gasteiger partial charge < -0.3 is 0 Å². The summed E-state index contributed by atoms with van der Waals surface area (Å²) in [5.74, 6) is -0.139. The first-order chi connectivity index (χ1) is 8.03. The molecule has 0 aromatic carbocycles. The van der Waals surface area contributed by atoms with Crippen LogP contribution in [0.15, 0.2) is 0 Å². The lowest BCUT2D eigenvalue weighted by atomic mass is 9.78. The number of carbonyl (C=O) groups excluding carboxylic acids is 3. The van der Waals surface area contributed by atoms with Gasteiger partial charge in [-0.2, -0.15) is 11.8 Å². The van der Waals surface area contributed by atoms with Crippen LogP contribution in [0.5, 0.6) is 0 Å². The molecule has 1 aliphatic heterocycles. The van der Waals surface area contributed by atoms with E-state index in [0.29, 0.717) is 25.1 Å². The maximum Gasteiger partial charge on any atom is 0.330 e. The number of thioether (sulfide) groups is 1. The highest BCUT2D eigenvalue weighted by atomic mass is 32.2. The molecular formula is C11H18N2O3S. The molecule has 1 fully saturated rings. The van der Waals surface area contributed by atoms with Gasteiger partial charge in [0.25, 0.3) is 0 Å². The summed E-state index contributed by atoms with van der Waals surface area (Å²) in [6, 6.07) is -0.591. The number of nitrogens with one attached hydrogen (secondary N) is 1. The van der Waals surface area contributed by atoms with Crippen molar-refractivity contribution in [3.63, 3.8) is 0 Å². The summed E-state index contributed by atoms with van der Waals surface area (Å²) in [5, 5.41) is 2.28. The average Bonchev–Trinajstić information content (AvgIpc) is 2.30. The highest BCUT2D eigenvalue weighted by molar-refractivity contribution is 7.98. The first kappa shape index (κ1) is 14.0. The zero-order valence-corrected chi connectivity index (χ0v) is 11.2. The Hall–Kier alpha value is -1.04. The molecule has 0 saturated carbocycles. The maximum absolute atomic E-state index is 12.3. The van der Waals surface area contributed by atoms with Crippen molar-refractivity contribution >= 4 is 29.6 Å². The largest absolute Gasteiger partial charge is 0.330 e. The molecule has 0 unspecified atom stereocenters. The molecule has 0 aromatic heterocycles. The average molecular weight is 258 g/mol. The van der Waals surface area contributed by atoms with Gasteiger partial charge in [0.05, 0.1) is 0 Å². The number of imide groups is 2. The van der Waals surface area contributed by atoms with Crippen LogP contribution in [0.1, 0.15) is 26.7 Å². The molecule has 96 valence electrons. The molecule has 5 nitrogen and oxygen atoms in total. The van der Waals surface area contributed by atoms with Crippen LogP contribution in [0.4, 0.5) is 4.79 Å². The molecule has 1 aliphatic rings. The van der Waals surface area contributed by atoms with Crippen molar-refractivity contribution in [3.8, 4) is 0 Å². The number of barbiturate groups is 1. The fraction of sp³-hybridized carbons (Fsp3) is 0.727. The van der Waals surface area contributed by atoms with Gasteiger partial charge in [0, 0.05) is 12.3 Å². The molecule has 0 bridgehead atoms. The van der Waals surface area contributed by atoms with Crippen LogP contribution in [-0.2, 0) is 9.59 Å². The van der Waals surface area contributed by atoms with E-state index in [4.69, 9.17) is 0 Å². The van der Waals surface area contributed by atoms with E-state index in [1.807, 2.05) is 6.26 Å². The number of urea groups is 1. The lowest BCUT2D eigenvalue weighted by Gasteiger charge is -2.38. The van der Waals surface area contributed by atoms with E-state index in [9.17, 15) is 14.4 Å². The second-order valence-electron chi connectivity index (χ2n) is 4.00. The summed E-state index contributed by atoms with van der Waals surface area (Å²) in [7, 11) is 0. The van der Waals surface area contributed by atoms with Crippen molar-refractivity contribution in [2.75, 3.05) is 18.6 Å². The van der Waals surface area contributed by atoms with Gasteiger partial charge >= 0.3 is 6.03 Å². The molecule has 0 aliphatic carbocycles. The number of hydrogen-bond acceptors (Lipinski definition) is 4. The molecular weight excluding hydrogens is 240 g/mol. The van der Waals surface area contributed by atoms with Crippen LogP contribution in [0.3, 0.4) is 0 Å². The number of rotatable bonds is 5. The van der Waals surface area contributed by atoms with Crippen molar-refractivity contribution in [1.82, 2.24) is 10.2 Å². The summed E-state index contributed by atoms with van der Waals surface area (Å²) in [4.78, 5) is 36.9. The topological polar surface area (TPSA) is 66.5 Å².